The van der Waals surface area contributed by atoms with Crippen LogP contribution in [0.15, 0.2) is 30.2 Å². The second kappa shape index (κ2) is 6.31. The number of imidazole rings is 1. The molecular weight excluding hydrogens is 258 g/mol. The van der Waals surface area contributed by atoms with Crippen LogP contribution in [0.3, 0.4) is 0 Å². The van der Waals surface area contributed by atoms with Crippen molar-refractivity contribution in [3.8, 4) is 0 Å². The van der Waals surface area contributed by atoms with Crippen molar-refractivity contribution in [3.63, 3.8) is 0 Å². The largest absolute Gasteiger partial charge is 0.465 e. The fourth-order valence-corrected chi connectivity index (χ4v) is 2.52. The highest BCUT2D eigenvalue weighted by molar-refractivity contribution is 7.89. The van der Waals surface area contributed by atoms with Gasteiger partial charge in [-0.2, -0.15) is 4.31 Å². The summed E-state index contributed by atoms with van der Waals surface area (Å²) >= 11 is 0. The highest BCUT2D eigenvalue weighted by atomic mass is 32.2. The highest BCUT2D eigenvalue weighted by Gasteiger charge is 2.27. The van der Waals surface area contributed by atoms with Gasteiger partial charge in [0.2, 0.25) is 0 Å². The van der Waals surface area contributed by atoms with E-state index in [0.29, 0.717) is 0 Å². The van der Waals surface area contributed by atoms with E-state index in [9.17, 15) is 13.2 Å². The maximum Gasteiger partial charge on any atom is 0.321 e. The summed E-state index contributed by atoms with van der Waals surface area (Å²) in [5.74, 6) is -0.609. The first-order valence-corrected chi connectivity index (χ1v) is 6.71. The first-order valence-electron chi connectivity index (χ1n) is 5.27. The molecule has 7 nitrogen and oxygen atoms in total. The van der Waals surface area contributed by atoms with Crippen LogP contribution in [-0.4, -0.2) is 48.4 Å². The number of nitrogens with one attached hydrogen (secondary N) is 1. The van der Waals surface area contributed by atoms with Crippen molar-refractivity contribution >= 4 is 16.0 Å². The van der Waals surface area contributed by atoms with E-state index in [-0.39, 0.29) is 24.7 Å². The predicted octanol–water partition coefficient (Wildman–Crippen LogP) is 0.149. The van der Waals surface area contributed by atoms with Crippen LogP contribution in [0.1, 0.15) is 6.92 Å². The lowest BCUT2D eigenvalue weighted by molar-refractivity contribution is -0.143. The lowest BCUT2D eigenvalue weighted by Crippen LogP contribution is -2.36. The van der Waals surface area contributed by atoms with Crippen molar-refractivity contribution in [1.29, 1.82) is 0 Å². The van der Waals surface area contributed by atoms with Crippen molar-refractivity contribution in [2.24, 2.45) is 0 Å². The van der Waals surface area contributed by atoms with E-state index in [2.05, 4.69) is 16.5 Å². The van der Waals surface area contributed by atoms with Crippen molar-refractivity contribution < 1.29 is 17.9 Å². The van der Waals surface area contributed by atoms with E-state index in [1.54, 1.807) is 6.92 Å². The zero-order valence-corrected chi connectivity index (χ0v) is 10.8. The molecule has 0 bridgehead atoms. The number of aromatic amines is 1. The number of carbonyl (C=O) groups excluding carboxylic acids is 1. The standard InChI is InChI=1S/C10H15N3O4S/c1-3-5-13(7-10(14)17-4-2)18(15,16)9-6-11-8-12-9/h3,6,8H,1,4-5,7H2,2H3,(H,11,12). The molecule has 0 aliphatic rings. The number of hydrogen-bond acceptors (Lipinski definition) is 5. The molecule has 1 N–H and O–H groups in total. The molecule has 1 aromatic rings. The van der Waals surface area contributed by atoms with Gasteiger partial charge in [0.1, 0.15) is 6.54 Å². The van der Waals surface area contributed by atoms with Gasteiger partial charge in [-0.3, -0.25) is 4.79 Å². The first kappa shape index (κ1) is 14.4. The first-order chi connectivity index (χ1) is 8.52. The number of rotatable bonds is 7. The molecule has 0 saturated carbocycles. The van der Waals surface area contributed by atoms with E-state index in [0.717, 1.165) is 4.31 Å². The molecule has 0 radical (unpaired) electrons. The Morgan fingerprint density at radius 3 is 2.89 bits per heavy atom. The van der Waals surface area contributed by atoms with Crippen LogP contribution in [0.25, 0.3) is 0 Å². The second-order valence-electron chi connectivity index (χ2n) is 3.31. The summed E-state index contributed by atoms with van der Waals surface area (Å²) in [6.07, 6.45) is 3.83. The third kappa shape index (κ3) is 3.41. The minimum Gasteiger partial charge on any atom is -0.465 e. The number of carbonyl (C=O) groups is 1. The van der Waals surface area contributed by atoms with Gasteiger partial charge in [0.15, 0.2) is 5.03 Å². The number of H-pyrrole nitrogens is 1. The average Bonchev–Trinajstić information content (AvgIpc) is 2.82. The molecule has 1 heterocycles. The quantitative estimate of drug-likeness (QED) is 0.564. The van der Waals surface area contributed by atoms with E-state index < -0.39 is 16.0 Å². The Balaban J connectivity index is 2.91. The molecule has 1 rings (SSSR count). The topological polar surface area (TPSA) is 92.4 Å². The van der Waals surface area contributed by atoms with Gasteiger partial charge < -0.3 is 9.72 Å². The summed E-state index contributed by atoms with van der Waals surface area (Å²) in [6.45, 7) is 4.97. The van der Waals surface area contributed by atoms with Gasteiger partial charge in [-0.1, -0.05) is 6.08 Å². The SMILES string of the molecule is C=CCN(CC(=O)OCC)S(=O)(=O)c1cnc[nH]1. The normalized spacial score (nSPS) is 11.4. The van der Waals surface area contributed by atoms with Gasteiger partial charge in [-0.25, -0.2) is 13.4 Å². The molecule has 0 spiro atoms. The number of sulfonamides is 1. The molecule has 18 heavy (non-hydrogen) atoms. The molecule has 0 fully saturated rings. The van der Waals surface area contributed by atoms with Gasteiger partial charge in [-0.05, 0) is 6.92 Å². The number of ether oxygens (including phenoxy) is 1. The average molecular weight is 273 g/mol. The van der Waals surface area contributed by atoms with Crippen LogP contribution in [0.5, 0.6) is 0 Å². The lowest BCUT2D eigenvalue weighted by Gasteiger charge is -2.18. The predicted molar refractivity (Wildman–Crippen MR) is 64.2 cm³/mol. The summed E-state index contributed by atoms with van der Waals surface area (Å²) < 4.78 is 29.9. The summed E-state index contributed by atoms with van der Waals surface area (Å²) in [6, 6.07) is 0. The molecule has 0 aromatic carbocycles. The zero-order valence-electron chi connectivity index (χ0n) is 10.00. The Hall–Kier alpha value is -1.67. The van der Waals surface area contributed by atoms with Crippen molar-refractivity contribution in [2.45, 2.75) is 11.9 Å². The highest BCUT2D eigenvalue weighted by Crippen LogP contribution is 2.11. The summed E-state index contributed by atoms with van der Waals surface area (Å²) in [5.41, 5.74) is 0. The fraction of sp³-hybridized carbons (Fsp3) is 0.400. The van der Waals surface area contributed by atoms with Crippen LogP contribution in [-0.2, 0) is 19.6 Å². The molecule has 0 atom stereocenters. The van der Waals surface area contributed by atoms with Crippen molar-refractivity contribution in [2.75, 3.05) is 19.7 Å². The van der Waals surface area contributed by atoms with Crippen LogP contribution in [0.2, 0.25) is 0 Å². The van der Waals surface area contributed by atoms with Crippen molar-refractivity contribution in [3.05, 3.63) is 25.2 Å². The zero-order chi connectivity index (χ0) is 13.6. The monoisotopic (exact) mass is 273 g/mol. The van der Waals surface area contributed by atoms with Crippen LogP contribution in [0, 0.1) is 0 Å². The third-order valence-corrected chi connectivity index (χ3v) is 3.77. The van der Waals surface area contributed by atoms with Crippen LogP contribution >= 0.6 is 0 Å². The van der Waals surface area contributed by atoms with Gasteiger partial charge in [0, 0.05) is 6.54 Å². The van der Waals surface area contributed by atoms with E-state index in [1.807, 2.05) is 0 Å². The Bertz CT molecular complexity index is 495. The molecule has 100 valence electrons. The molecule has 0 saturated heterocycles. The Kier molecular flexibility index (Phi) is 5.05. The van der Waals surface area contributed by atoms with Crippen LogP contribution in [0.4, 0.5) is 0 Å². The van der Waals surface area contributed by atoms with Crippen molar-refractivity contribution in [1.82, 2.24) is 14.3 Å². The number of nitrogens with zero attached hydrogens (tertiary/aromatic N) is 2. The number of hydrogen-bond donors (Lipinski definition) is 1. The number of esters is 1. The van der Waals surface area contributed by atoms with E-state index in [4.69, 9.17) is 4.74 Å². The van der Waals surface area contributed by atoms with Crippen LogP contribution < -0.4 is 0 Å². The molecule has 0 unspecified atom stereocenters. The minimum absolute atomic E-state index is 0.0141. The molecule has 8 heteroatoms. The maximum atomic E-state index is 12.1. The molecule has 1 aromatic heterocycles. The fourth-order valence-electron chi connectivity index (χ4n) is 1.27. The smallest absolute Gasteiger partial charge is 0.321 e. The minimum atomic E-state index is -3.79. The second-order valence-corrected chi connectivity index (χ2v) is 5.21. The molecular formula is C10H15N3O4S. The van der Waals surface area contributed by atoms with Gasteiger partial charge in [0.25, 0.3) is 10.0 Å². The van der Waals surface area contributed by atoms with Gasteiger partial charge in [-0.15, -0.1) is 6.58 Å². The van der Waals surface area contributed by atoms with Gasteiger partial charge in [0.05, 0.1) is 19.1 Å². The summed E-state index contributed by atoms with van der Waals surface area (Å²) in [4.78, 5) is 17.5. The molecule has 0 amide bonds. The Morgan fingerprint density at radius 2 is 2.39 bits per heavy atom. The Morgan fingerprint density at radius 1 is 1.67 bits per heavy atom. The Labute approximate surface area is 106 Å². The molecule has 0 aliphatic heterocycles. The lowest BCUT2D eigenvalue weighted by atomic mass is 10.5. The summed E-state index contributed by atoms with van der Waals surface area (Å²) in [5, 5.41) is -0.0753. The number of aromatic nitrogens is 2. The maximum absolute atomic E-state index is 12.1. The van der Waals surface area contributed by atoms with E-state index >= 15 is 0 Å². The molecule has 0 aliphatic carbocycles. The third-order valence-electron chi connectivity index (χ3n) is 2.03. The summed E-state index contributed by atoms with van der Waals surface area (Å²) in [7, 11) is -3.79. The van der Waals surface area contributed by atoms with Gasteiger partial charge >= 0.3 is 5.97 Å². The van der Waals surface area contributed by atoms with E-state index in [1.165, 1.54) is 18.6 Å².